The van der Waals surface area contributed by atoms with Crippen LogP contribution in [0.2, 0.25) is 0 Å². The number of likely N-dealkylation sites (tertiary alicyclic amines) is 1. The number of furan rings is 1. The Labute approximate surface area is 130 Å². The van der Waals surface area contributed by atoms with E-state index in [0.29, 0.717) is 5.41 Å². The van der Waals surface area contributed by atoms with E-state index < -0.39 is 0 Å². The predicted octanol–water partition coefficient (Wildman–Crippen LogP) is 4.18. The molecule has 0 unspecified atom stereocenters. The van der Waals surface area contributed by atoms with Gasteiger partial charge < -0.3 is 9.73 Å². The van der Waals surface area contributed by atoms with Crippen molar-refractivity contribution in [1.29, 1.82) is 0 Å². The summed E-state index contributed by atoms with van der Waals surface area (Å²) in [6, 6.07) is 2.14. The molecule has 21 heavy (non-hydrogen) atoms. The highest BCUT2D eigenvalue weighted by molar-refractivity contribution is 5.17. The van der Waals surface area contributed by atoms with Crippen LogP contribution in [0.5, 0.6) is 0 Å². The van der Waals surface area contributed by atoms with Crippen molar-refractivity contribution in [3.8, 4) is 0 Å². The summed E-state index contributed by atoms with van der Waals surface area (Å²) in [5, 5.41) is 3.43. The number of nitrogens with one attached hydrogen (secondary N) is 1. The molecule has 0 spiro atoms. The Morgan fingerprint density at radius 1 is 1.19 bits per heavy atom. The molecule has 1 fully saturated rings. The maximum Gasteiger partial charge on any atom is 0.122 e. The molecule has 1 aliphatic heterocycles. The van der Waals surface area contributed by atoms with Crippen LogP contribution in [0.15, 0.2) is 16.7 Å². The minimum atomic E-state index is 0.610. The second-order valence-corrected chi connectivity index (χ2v) is 6.53. The molecule has 0 aliphatic carbocycles. The lowest BCUT2D eigenvalue weighted by atomic mass is 9.74. The summed E-state index contributed by atoms with van der Waals surface area (Å²) >= 11 is 0. The van der Waals surface area contributed by atoms with Crippen LogP contribution in [-0.4, -0.2) is 24.5 Å². The number of rotatable bonds is 8. The Balaban J connectivity index is 1.85. The van der Waals surface area contributed by atoms with E-state index in [4.69, 9.17) is 4.42 Å². The number of hydrogen-bond acceptors (Lipinski definition) is 3. The molecular weight excluding hydrogens is 260 g/mol. The fourth-order valence-electron chi connectivity index (χ4n) is 3.43. The molecule has 1 aromatic rings. The third kappa shape index (κ3) is 4.33. The van der Waals surface area contributed by atoms with Crippen molar-refractivity contribution in [2.45, 2.75) is 66.0 Å². The number of piperidine rings is 1. The van der Waals surface area contributed by atoms with E-state index in [2.05, 4.69) is 37.1 Å². The Bertz CT molecular complexity index is 399. The van der Waals surface area contributed by atoms with Crippen LogP contribution in [0.3, 0.4) is 0 Å². The fourth-order valence-corrected chi connectivity index (χ4v) is 3.43. The van der Waals surface area contributed by atoms with Gasteiger partial charge in [0.15, 0.2) is 0 Å². The summed E-state index contributed by atoms with van der Waals surface area (Å²) in [7, 11) is 0. The highest BCUT2D eigenvalue weighted by Gasteiger charge is 2.31. The van der Waals surface area contributed by atoms with Gasteiger partial charge in [0.25, 0.3) is 0 Å². The first-order valence-corrected chi connectivity index (χ1v) is 8.71. The van der Waals surface area contributed by atoms with Crippen molar-refractivity contribution in [3.63, 3.8) is 0 Å². The van der Waals surface area contributed by atoms with Crippen molar-refractivity contribution in [1.82, 2.24) is 10.2 Å². The summed E-state index contributed by atoms with van der Waals surface area (Å²) in [5.41, 5.74) is 1.97. The largest absolute Gasteiger partial charge is 0.468 e. The molecule has 1 saturated heterocycles. The standard InChI is InChI=1S/C18H32N2O/c1-4-10-19-14-17-16(7-13-21-17)15-20-11-8-18(5-2,6-3)9-12-20/h7,13,19H,4-6,8-12,14-15H2,1-3H3. The first-order chi connectivity index (χ1) is 10.2. The molecule has 1 aliphatic rings. The third-order valence-corrected chi connectivity index (χ3v) is 5.36. The lowest BCUT2D eigenvalue weighted by molar-refractivity contribution is 0.0905. The van der Waals surface area contributed by atoms with E-state index >= 15 is 0 Å². The fraction of sp³-hybridized carbons (Fsp3) is 0.778. The molecular formula is C18H32N2O. The average Bonchev–Trinajstić information content (AvgIpc) is 2.96. The smallest absolute Gasteiger partial charge is 0.122 e. The number of nitrogens with zero attached hydrogens (tertiary/aromatic N) is 1. The summed E-state index contributed by atoms with van der Waals surface area (Å²) < 4.78 is 5.65. The first-order valence-electron chi connectivity index (χ1n) is 8.71. The van der Waals surface area contributed by atoms with Crippen molar-refractivity contribution in [2.24, 2.45) is 5.41 Å². The van der Waals surface area contributed by atoms with Gasteiger partial charge in [-0.3, -0.25) is 4.90 Å². The number of hydrogen-bond donors (Lipinski definition) is 1. The Morgan fingerprint density at radius 3 is 2.52 bits per heavy atom. The average molecular weight is 292 g/mol. The maximum absolute atomic E-state index is 5.65. The quantitative estimate of drug-likeness (QED) is 0.729. The molecule has 0 atom stereocenters. The SMILES string of the molecule is CCCNCc1occc1CN1CCC(CC)(CC)CC1. The molecule has 2 heterocycles. The van der Waals surface area contributed by atoms with Crippen LogP contribution >= 0.6 is 0 Å². The molecule has 120 valence electrons. The van der Waals surface area contributed by atoms with Gasteiger partial charge >= 0.3 is 0 Å². The highest BCUT2D eigenvalue weighted by Crippen LogP contribution is 2.38. The van der Waals surface area contributed by atoms with Gasteiger partial charge in [0.05, 0.1) is 12.8 Å². The van der Waals surface area contributed by atoms with E-state index in [1.807, 2.05) is 6.26 Å². The van der Waals surface area contributed by atoms with Crippen LogP contribution in [0.4, 0.5) is 0 Å². The zero-order valence-electron chi connectivity index (χ0n) is 14.1. The second kappa shape index (κ2) is 8.00. The Morgan fingerprint density at radius 2 is 1.90 bits per heavy atom. The van der Waals surface area contributed by atoms with Crippen molar-refractivity contribution in [2.75, 3.05) is 19.6 Å². The molecule has 0 amide bonds. The summed E-state index contributed by atoms with van der Waals surface area (Å²) in [6.07, 6.45) is 8.36. The molecule has 1 N–H and O–H groups in total. The molecule has 1 aromatic heterocycles. The first kappa shape index (κ1) is 16.6. The third-order valence-electron chi connectivity index (χ3n) is 5.36. The van der Waals surface area contributed by atoms with E-state index in [1.54, 1.807) is 0 Å². The highest BCUT2D eigenvalue weighted by atomic mass is 16.3. The van der Waals surface area contributed by atoms with Gasteiger partial charge in [-0.15, -0.1) is 0 Å². The minimum Gasteiger partial charge on any atom is -0.468 e. The van der Waals surface area contributed by atoms with E-state index in [-0.39, 0.29) is 0 Å². The van der Waals surface area contributed by atoms with Gasteiger partial charge in [0, 0.05) is 12.1 Å². The van der Waals surface area contributed by atoms with Gasteiger partial charge in [-0.2, -0.15) is 0 Å². The predicted molar refractivity (Wildman–Crippen MR) is 88.2 cm³/mol. The summed E-state index contributed by atoms with van der Waals surface area (Å²) in [4.78, 5) is 2.59. The van der Waals surface area contributed by atoms with Gasteiger partial charge in [-0.25, -0.2) is 0 Å². The molecule has 3 nitrogen and oxygen atoms in total. The van der Waals surface area contributed by atoms with Crippen LogP contribution in [0.1, 0.15) is 64.2 Å². The summed E-state index contributed by atoms with van der Waals surface area (Å²) in [5.74, 6) is 1.12. The van der Waals surface area contributed by atoms with Crippen molar-refractivity contribution in [3.05, 3.63) is 23.7 Å². The van der Waals surface area contributed by atoms with Crippen LogP contribution in [0.25, 0.3) is 0 Å². The lowest BCUT2D eigenvalue weighted by Crippen LogP contribution is -2.39. The zero-order chi connectivity index (χ0) is 15.1. The Kier molecular flexibility index (Phi) is 6.31. The summed E-state index contributed by atoms with van der Waals surface area (Å²) in [6.45, 7) is 12.3. The normalized spacial score (nSPS) is 19.0. The Hall–Kier alpha value is -0.800. The monoisotopic (exact) mass is 292 g/mol. The lowest BCUT2D eigenvalue weighted by Gasteiger charge is -2.41. The van der Waals surface area contributed by atoms with Gasteiger partial charge in [-0.05, 0) is 50.4 Å². The van der Waals surface area contributed by atoms with Gasteiger partial charge in [0.2, 0.25) is 0 Å². The zero-order valence-corrected chi connectivity index (χ0v) is 14.1. The minimum absolute atomic E-state index is 0.610. The molecule has 0 bridgehead atoms. The van der Waals surface area contributed by atoms with Gasteiger partial charge in [0.1, 0.15) is 5.76 Å². The topological polar surface area (TPSA) is 28.4 Å². The van der Waals surface area contributed by atoms with E-state index in [0.717, 1.165) is 31.8 Å². The molecule has 3 heteroatoms. The van der Waals surface area contributed by atoms with Gasteiger partial charge in [-0.1, -0.05) is 33.6 Å². The maximum atomic E-state index is 5.65. The van der Waals surface area contributed by atoms with Crippen LogP contribution < -0.4 is 5.32 Å². The molecule has 2 rings (SSSR count). The van der Waals surface area contributed by atoms with Crippen LogP contribution in [-0.2, 0) is 13.1 Å². The van der Waals surface area contributed by atoms with Crippen molar-refractivity contribution >= 4 is 0 Å². The molecule has 0 radical (unpaired) electrons. The molecule has 0 saturated carbocycles. The van der Waals surface area contributed by atoms with Crippen molar-refractivity contribution < 1.29 is 4.42 Å². The van der Waals surface area contributed by atoms with Crippen LogP contribution in [0, 0.1) is 5.41 Å². The van der Waals surface area contributed by atoms with E-state index in [1.165, 1.54) is 44.3 Å². The second-order valence-electron chi connectivity index (χ2n) is 6.53. The van der Waals surface area contributed by atoms with E-state index in [9.17, 15) is 0 Å². The molecule has 0 aromatic carbocycles.